The summed E-state index contributed by atoms with van der Waals surface area (Å²) in [7, 11) is 0. The Morgan fingerprint density at radius 2 is 2.00 bits per heavy atom. The summed E-state index contributed by atoms with van der Waals surface area (Å²) in [6.07, 6.45) is 0.604. The number of hydrogen-bond acceptors (Lipinski definition) is 1. The number of rotatable bonds is 2. The third-order valence-electron chi connectivity index (χ3n) is 2.20. The first-order valence-electron chi connectivity index (χ1n) is 4.15. The van der Waals surface area contributed by atoms with Crippen molar-refractivity contribution in [1.29, 1.82) is 0 Å². The maximum Gasteiger partial charge on any atom is 0.0880 e. The lowest BCUT2D eigenvalue weighted by Crippen LogP contribution is -2.20. The molecule has 1 nitrogen and oxygen atoms in total. The zero-order valence-electron chi connectivity index (χ0n) is 7.64. The fourth-order valence-electron chi connectivity index (χ4n) is 1.10. The molecule has 0 saturated carbocycles. The maximum atomic E-state index is 9.96. The summed E-state index contributed by atoms with van der Waals surface area (Å²) in [6.45, 7) is 3.63. The molecule has 0 spiro atoms. The topological polar surface area (TPSA) is 20.2 Å². The summed E-state index contributed by atoms with van der Waals surface area (Å²) < 4.78 is 0. The van der Waals surface area contributed by atoms with Gasteiger partial charge in [0.15, 0.2) is 0 Å². The Bertz CT molecular complexity index is 308. The molecular formula is C10H12Cl2O. The minimum atomic E-state index is -0.901. The molecule has 0 amide bonds. The van der Waals surface area contributed by atoms with E-state index in [0.717, 1.165) is 0 Å². The quantitative estimate of drug-likeness (QED) is 0.805. The molecule has 0 aliphatic carbocycles. The maximum absolute atomic E-state index is 9.96. The first-order chi connectivity index (χ1) is 5.97. The van der Waals surface area contributed by atoms with Crippen molar-refractivity contribution < 1.29 is 5.11 Å². The Hall–Kier alpha value is -0.240. The molecule has 1 aromatic rings. The molecule has 3 heteroatoms. The highest BCUT2D eigenvalue weighted by molar-refractivity contribution is 6.33. The molecule has 0 saturated heterocycles. The van der Waals surface area contributed by atoms with E-state index < -0.39 is 5.60 Å². The van der Waals surface area contributed by atoms with E-state index in [-0.39, 0.29) is 0 Å². The summed E-state index contributed by atoms with van der Waals surface area (Å²) in [4.78, 5) is 0. The van der Waals surface area contributed by atoms with Gasteiger partial charge in [0.05, 0.1) is 5.60 Å². The monoisotopic (exact) mass is 218 g/mol. The largest absolute Gasteiger partial charge is 0.385 e. The van der Waals surface area contributed by atoms with E-state index in [1.165, 1.54) is 0 Å². The van der Waals surface area contributed by atoms with E-state index in [0.29, 0.717) is 22.0 Å². The van der Waals surface area contributed by atoms with E-state index in [2.05, 4.69) is 0 Å². The zero-order chi connectivity index (χ0) is 10.1. The van der Waals surface area contributed by atoms with Gasteiger partial charge in [-0.1, -0.05) is 30.1 Å². The predicted molar refractivity (Wildman–Crippen MR) is 56.3 cm³/mol. The molecule has 72 valence electrons. The summed E-state index contributed by atoms with van der Waals surface area (Å²) in [5, 5.41) is 11.1. The summed E-state index contributed by atoms with van der Waals surface area (Å²) in [5.41, 5.74) is -0.216. The van der Waals surface area contributed by atoms with E-state index >= 15 is 0 Å². The lowest BCUT2D eigenvalue weighted by atomic mass is 9.93. The molecule has 0 aliphatic rings. The summed E-state index contributed by atoms with van der Waals surface area (Å²) in [5.74, 6) is 0. The Labute approximate surface area is 88.3 Å². The van der Waals surface area contributed by atoms with Crippen LogP contribution in [-0.4, -0.2) is 5.11 Å². The first kappa shape index (κ1) is 10.8. The molecule has 13 heavy (non-hydrogen) atoms. The fraction of sp³-hybridized carbons (Fsp3) is 0.400. The molecule has 1 N–H and O–H groups in total. The molecule has 1 rings (SSSR count). The van der Waals surface area contributed by atoms with Gasteiger partial charge in [-0.15, -0.1) is 0 Å². The number of benzene rings is 1. The molecule has 0 heterocycles. The summed E-state index contributed by atoms with van der Waals surface area (Å²) >= 11 is 11.8. The Morgan fingerprint density at radius 3 is 2.54 bits per heavy atom. The van der Waals surface area contributed by atoms with E-state index in [1.807, 2.05) is 6.92 Å². The standard InChI is InChI=1S/C10H12Cl2O/c1-3-10(2,13)8-6-7(11)4-5-9(8)12/h4-6,13H,3H2,1-2H3. The average molecular weight is 219 g/mol. The molecule has 0 aliphatic heterocycles. The van der Waals surface area contributed by atoms with Gasteiger partial charge in [0.1, 0.15) is 0 Å². The van der Waals surface area contributed by atoms with Crippen molar-refractivity contribution in [3.8, 4) is 0 Å². The van der Waals surface area contributed by atoms with Gasteiger partial charge >= 0.3 is 0 Å². The van der Waals surface area contributed by atoms with Gasteiger partial charge in [-0.3, -0.25) is 0 Å². The Morgan fingerprint density at radius 1 is 1.38 bits per heavy atom. The minimum absolute atomic E-state index is 0.552. The lowest BCUT2D eigenvalue weighted by Gasteiger charge is -2.23. The van der Waals surface area contributed by atoms with Crippen LogP contribution in [-0.2, 0) is 5.60 Å². The minimum Gasteiger partial charge on any atom is -0.385 e. The third kappa shape index (κ3) is 2.37. The molecule has 1 atom stereocenters. The molecule has 0 fully saturated rings. The number of halogens is 2. The molecule has 0 aromatic heterocycles. The van der Waals surface area contributed by atoms with E-state index in [1.54, 1.807) is 25.1 Å². The van der Waals surface area contributed by atoms with Crippen LogP contribution in [0.2, 0.25) is 10.0 Å². The van der Waals surface area contributed by atoms with Crippen molar-refractivity contribution in [3.63, 3.8) is 0 Å². The number of hydrogen-bond donors (Lipinski definition) is 1. The predicted octanol–water partition coefficient (Wildman–Crippen LogP) is 3.61. The van der Waals surface area contributed by atoms with Crippen molar-refractivity contribution in [3.05, 3.63) is 33.8 Å². The average Bonchev–Trinajstić information content (AvgIpc) is 2.09. The van der Waals surface area contributed by atoms with E-state index in [9.17, 15) is 5.11 Å². The van der Waals surface area contributed by atoms with Crippen LogP contribution in [0.4, 0.5) is 0 Å². The van der Waals surface area contributed by atoms with E-state index in [4.69, 9.17) is 23.2 Å². The van der Waals surface area contributed by atoms with Crippen LogP contribution in [0.3, 0.4) is 0 Å². The van der Waals surface area contributed by atoms with Crippen molar-refractivity contribution in [1.82, 2.24) is 0 Å². The van der Waals surface area contributed by atoms with Crippen LogP contribution in [0, 0.1) is 0 Å². The Balaban J connectivity index is 3.20. The van der Waals surface area contributed by atoms with Crippen molar-refractivity contribution in [2.75, 3.05) is 0 Å². The van der Waals surface area contributed by atoms with Crippen molar-refractivity contribution in [2.45, 2.75) is 25.9 Å². The highest BCUT2D eigenvalue weighted by atomic mass is 35.5. The van der Waals surface area contributed by atoms with Crippen LogP contribution >= 0.6 is 23.2 Å². The second-order valence-corrected chi connectivity index (χ2v) is 4.10. The van der Waals surface area contributed by atoms with Crippen LogP contribution < -0.4 is 0 Å². The van der Waals surface area contributed by atoms with Crippen LogP contribution in [0.5, 0.6) is 0 Å². The first-order valence-corrected chi connectivity index (χ1v) is 4.91. The van der Waals surface area contributed by atoms with Crippen molar-refractivity contribution in [2.24, 2.45) is 0 Å². The zero-order valence-corrected chi connectivity index (χ0v) is 9.15. The highest BCUT2D eigenvalue weighted by Gasteiger charge is 2.23. The highest BCUT2D eigenvalue weighted by Crippen LogP contribution is 2.32. The summed E-state index contributed by atoms with van der Waals surface area (Å²) in [6, 6.07) is 5.11. The van der Waals surface area contributed by atoms with Gasteiger partial charge in [-0.25, -0.2) is 0 Å². The van der Waals surface area contributed by atoms with Crippen LogP contribution in [0.1, 0.15) is 25.8 Å². The van der Waals surface area contributed by atoms with Crippen LogP contribution in [0.25, 0.3) is 0 Å². The van der Waals surface area contributed by atoms with Gasteiger partial charge in [0, 0.05) is 15.6 Å². The smallest absolute Gasteiger partial charge is 0.0880 e. The van der Waals surface area contributed by atoms with Gasteiger partial charge < -0.3 is 5.11 Å². The second kappa shape index (κ2) is 3.87. The fourth-order valence-corrected chi connectivity index (χ4v) is 1.59. The third-order valence-corrected chi connectivity index (χ3v) is 2.76. The van der Waals surface area contributed by atoms with Gasteiger partial charge in [0.2, 0.25) is 0 Å². The van der Waals surface area contributed by atoms with Gasteiger partial charge in [-0.2, -0.15) is 0 Å². The second-order valence-electron chi connectivity index (χ2n) is 3.25. The molecule has 0 bridgehead atoms. The van der Waals surface area contributed by atoms with Gasteiger partial charge in [-0.05, 0) is 31.5 Å². The molecule has 1 unspecified atom stereocenters. The lowest BCUT2D eigenvalue weighted by molar-refractivity contribution is 0.0532. The molecular weight excluding hydrogens is 207 g/mol. The van der Waals surface area contributed by atoms with Gasteiger partial charge in [0.25, 0.3) is 0 Å². The normalized spacial score (nSPS) is 15.5. The molecule has 1 aromatic carbocycles. The Kier molecular flexibility index (Phi) is 3.23. The number of aliphatic hydroxyl groups is 1. The van der Waals surface area contributed by atoms with Crippen molar-refractivity contribution >= 4 is 23.2 Å². The molecule has 0 radical (unpaired) electrons. The SMILES string of the molecule is CCC(C)(O)c1cc(Cl)ccc1Cl. The van der Waals surface area contributed by atoms with Crippen LogP contribution in [0.15, 0.2) is 18.2 Å².